The van der Waals surface area contributed by atoms with Gasteiger partial charge in [-0.25, -0.2) is 0 Å². The largest absolute Gasteiger partial charge is 0.300 e. The average Bonchev–Trinajstić information content (AvgIpc) is 2.40. The normalized spacial score (nSPS) is 32.1. The van der Waals surface area contributed by atoms with Crippen molar-refractivity contribution < 1.29 is 4.79 Å². The number of hydrogen-bond donors (Lipinski definition) is 0. The molecule has 1 atom stereocenters. The summed E-state index contributed by atoms with van der Waals surface area (Å²) < 4.78 is 0. The Bertz CT molecular complexity index is 257. The summed E-state index contributed by atoms with van der Waals surface area (Å²) in [4.78, 5) is 11.3. The first kappa shape index (κ1) is 14.1. The summed E-state index contributed by atoms with van der Waals surface area (Å²) in [7, 11) is 0. The highest BCUT2D eigenvalue weighted by Gasteiger charge is 2.29. The third-order valence-corrected chi connectivity index (χ3v) is 5.59. The minimum absolute atomic E-state index is 0.293. The molecular weight excluding hydrogens is 220 g/mol. The molecular formula is C17H30O. The quantitative estimate of drug-likeness (QED) is 0.687. The molecule has 0 bridgehead atoms. The smallest absolute Gasteiger partial charge is 0.132 e. The van der Waals surface area contributed by atoms with Crippen LogP contribution in [0.2, 0.25) is 0 Å². The standard InChI is InChI=1S/C17H30O/c1-13(14(2)18)12-15-8-10-17(11-9-15)16-6-4-3-5-7-16/h13,15-17H,3-12H2,1-2H3/t13-,15?,17?/m0/s1. The second-order valence-electron chi connectivity index (χ2n) is 6.93. The molecule has 18 heavy (non-hydrogen) atoms. The molecule has 0 aromatic rings. The topological polar surface area (TPSA) is 17.1 Å². The Kier molecular flexibility index (Phi) is 5.26. The lowest BCUT2D eigenvalue weighted by atomic mass is 9.70. The summed E-state index contributed by atoms with van der Waals surface area (Å²) in [5.74, 6) is 3.58. The van der Waals surface area contributed by atoms with Crippen LogP contribution in [0.25, 0.3) is 0 Å². The number of hydrogen-bond acceptors (Lipinski definition) is 1. The van der Waals surface area contributed by atoms with Gasteiger partial charge in [0.1, 0.15) is 5.78 Å². The van der Waals surface area contributed by atoms with E-state index in [2.05, 4.69) is 6.92 Å². The van der Waals surface area contributed by atoms with Crippen LogP contribution in [0.1, 0.15) is 78.1 Å². The van der Waals surface area contributed by atoms with Crippen molar-refractivity contribution in [1.29, 1.82) is 0 Å². The van der Waals surface area contributed by atoms with E-state index in [9.17, 15) is 4.79 Å². The first-order chi connectivity index (χ1) is 8.66. The van der Waals surface area contributed by atoms with Crippen LogP contribution >= 0.6 is 0 Å². The fourth-order valence-electron chi connectivity index (χ4n) is 4.17. The molecule has 0 aliphatic heterocycles. The molecule has 2 fully saturated rings. The van der Waals surface area contributed by atoms with Crippen molar-refractivity contribution in [2.45, 2.75) is 78.1 Å². The zero-order valence-electron chi connectivity index (χ0n) is 12.3. The molecule has 0 unspecified atom stereocenters. The molecule has 0 spiro atoms. The van der Waals surface area contributed by atoms with E-state index in [1.807, 2.05) is 0 Å². The predicted molar refractivity (Wildman–Crippen MR) is 76.5 cm³/mol. The third kappa shape index (κ3) is 3.83. The van der Waals surface area contributed by atoms with Gasteiger partial charge in [0.15, 0.2) is 0 Å². The zero-order chi connectivity index (χ0) is 13.0. The molecule has 2 aliphatic rings. The Labute approximate surface area is 113 Å². The Morgan fingerprint density at radius 1 is 0.944 bits per heavy atom. The van der Waals surface area contributed by atoms with Crippen molar-refractivity contribution in [1.82, 2.24) is 0 Å². The van der Waals surface area contributed by atoms with Gasteiger partial charge in [0, 0.05) is 5.92 Å². The van der Waals surface area contributed by atoms with Gasteiger partial charge in [-0.1, -0.05) is 51.9 Å². The first-order valence-electron chi connectivity index (χ1n) is 8.17. The number of ketones is 1. The van der Waals surface area contributed by atoms with Crippen LogP contribution in [0.5, 0.6) is 0 Å². The minimum atomic E-state index is 0.293. The molecule has 2 rings (SSSR count). The Morgan fingerprint density at radius 3 is 2.06 bits per heavy atom. The molecule has 104 valence electrons. The molecule has 1 nitrogen and oxygen atoms in total. The van der Waals surface area contributed by atoms with E-state index in [4.69, 9.17) is 0 Å². The van der Waals surface area contributed by atoms with Crippen LogP contribution in [0, 0.1) is 23.7 Å². The maximum atomic E-state index is 11.3. The van der Waals surface area contributed by atoms with Crippen molar-refractivity contribution in [2.24, 2.45) is 23.7 Å². The molecule has 2 saturated carbocycles. The molecule has 0 aromatic heterocycles. The Morgan fingerprint density at radius 2 is 1.50 bits per heavy atom. The lowest BCUT2D eigenvalue weighted by Gasteiger charge is -2.36. The van der Waals surface area contributed by atoms with Gasteiger partial charge >= 0.3 is 0 Å². The molecule has 0 amide bonds. The van der Waals surface area contributed by atoms with Gasteiger partial charge in [-0.3, -0.25) is 4.79 Å². The summed E-state index contributed by atoms with van der Waals surface area (Å²) in [6, 6.07) is 0. The van der Waals surface area contributed by atoms with Crippen molar-refractivity contribution >= 4 is 5.78 Å². The molecule has 0 radical (unpaired) electrons. The van der Waals surface area contributed by atoms with Crippen LogP contribution in [-0.4, -0.2) is 5.78 Å². The van der Waals surface area contributed by atoms with E-state index < -0.39 is 0 Å². The average molecular weight is 250 g/mol. The highest BCUT2D eigenvalue weighted by atomic mass is 16.1. The van der Waals surface area contributed by atoms with E-state index in [1.54, 1.807) is 6.92 Å². The molecule has 0 N–H and O–H groups in total. The van der Waals surface area contributed by atoms with Crippen LogP contribution in [0.4, 0.5) is 0 Å². The predicted octanol–water partition coefficient (Wildman–Crippen LogP) is 4.99. The highest BCUT2D eigenvalue weighted by molar-refractivity contribution is 5.77. The SMILES string of the molecule is CC(=O)[C@@H](C)CC1CCC(C2CCCCC2)CC1. The van der Waals surface area contributed by atoms with Gasteiger partial charge in [-0.2, -0.15) is 0 Å². The Hall–Kier alpha value is -0.330. The number of Topliss-reactive ketones (excluding diaryl/α,β-unsaturated/α-hetero) is 1. The van der Waals surface area contributed by atoms with E-state index in [-0.39, 0.29) is 0 Å². The fraction of sp³-hybridized carbons (Fsp3) is 0.941. The van der Waals surface area contributed by atoms with E-state index in [1.165, 1.54) is 57.8 Å². The maximum absolute atomic E-state index is 11.3. The van der Waals surface area contributed by atoms with E-state index in [0.29, 0.717) is 11.7 Å². The van der Waals surface area contributed by atoms with E-state index >= 15 is 0 Å². The van der Waals surface area contributed by atoms with Crippen molar-refractivity contribution in [3.05, 3.63) is 0 Å². The lowest BCUT2D eigenvalue weighted by molar-refractivity contribution is -0.120. The number of rotatable bonds is 4. The third-order valence-electron chi connectivity index (χ3n) is 5.59. The van der Waals surface area contributed by atoms with Crippen molar-refractivity contribution in [2.75, 3.05) is 0 Å². The summed E-state index contributed by atoms with van der Waals surface area (Å²) in [6.45, 7) is 3.86. The second kappa shape index (κ2) is 6.73. The molecule has 0 heterocycles. The summed E-state index contributed by atoms with van der Waals surface area (Å²) in [5, 5.41) is 0. The van der Waals surface area contributed by atoms with Gasteiger partial charge in [-0.05, 0) is 43.9 Å². The van der Waals surface area contributed by atoms with Crippen LogP contribution in [0.15, 0.2) is 0 Å². The Balaban J connectivity index is 1.72. The van der Waals surface area contributed by atoms with Crippen molar-refractivity contribution in [3.63, 3.8) is 0 Å². The van der Waals surface area contributed by atoms with Crippen LogP contribution in [-0.2, 0) is 4.79 Å². The van der Waals surface area contributed by atoms with Gasteiger partial charge in [-0.15, -0.1) is 0 Å². The number of carbonyl (C=O) groups excluding carboxylic acids is 1. The van der Waals surface area contributed by atoms with Gasteiger partial charge in [0.2, 0.25) is 0 Å². The molecule has 0 saturated heterocycles. The van der Waals surface area contributed by atoms with Gasteiger partial charge in [0.05, 0.1) is 0 Å². The van der Waals surface area contributed by atoms with E-state index in [0.717, 1.165) is 24.2 Å². The molecule has 0 aromatic carbocycles. The first-order valence-corrected chi connectivity index (χ1v) is 8.17. The number of carbonyl (C=O) groups is 1. The zero-order valence-corrected chi connectivity index (χ0v) is 12.3. The maximum Gasteiger partial charge on any atom is 0.132 e. The monoisotopic (exact) mass is 250 g/mol. The van der Waals surface area contributed by atoms with Crippen LogP contribution < -0.4 is 0 Å². The fourth-order valence-corrected chi connectivity index (χ4v) is 4.17. The van der Waals surface area contributed by atoms with Crippen molar-refractivity contribution in [3.8, 4) is 0 Å². The summed E-state index contributed by atoms with van der Waals surface area (Å²) in [5.41, 5.74) is 0. The minimum Gasteiger partial charge on any atom is -0.300 e. The lowest BCUT2D eigenvalue weighted by Crippen LogP contribution is -2.25. The summed E-state index contributed by atoms with van der Waals surface area (Å²) in [6.07, 6.45) is 14.2. The molecule has 1 heteroatoms. The van der Waals surface area contributed by atoms with Gasteiger partial charge < -0.3 is 0 Å². The molecule has 2 aliphatic carbocycles. The second-order valence-corrected chi connectivity index (χ2v) is 6.93. The van der Waals surface area contributed by atoms with Gasteiger partial charge in [0.25, 0.3) is 0 Å². The van der Waals surface area contributed by atoms with Crippen LogP contribution in [0.3, 0.4) is 0 Å². The highest BCUT2D eigenvalue weighted by Crippen LogP contribution is 2.41. The summed E-state index contributed by atoms with van der Waals surface area (Å²) >= 11 is 0.